The van der Waals surface area contributed by atoms with Gasteiger partial charge in [0.05, 0.1) is 6.42 Å². The lowest BCUT2D eigenvalue weighted by Crippen LogP contribution is -2.52. The van der Waals surface area contributed by atoms with Crippen LogP contribution in [0.15, 0.2) is 24.3 Å². The number of piperidine rings is 1. The van der Waals surface area contributed by atoms with E-state index in [9.17, 15) is 18.8 Å². The molecule has 2 N–H and O–H groups in total. The highest BCUT2D eigenvalue weighted by Crippen LogP contribution is 2.07. The summed E-state index contributed by atoms with van der Waals surface area (Å²) in [7, 11) is 0. The van der Waals surface area contributed by atoms with Gasteiger partial charge in [-0.15, -0.1) is 0 Å². The fourth-order valence-electron chi connectivity index (χ4n) is 1.91. The predicted molar refractivity (Wildman–Crippen MR) is 64.4 cm³/mol. The molecule has 2 rings (SSSR count). The molecule has 0 radical (unpaired) electrons. The highest BCUT2D eigenvalue weighted by Gasteiger charge is 2.27. The molecule has 19 heavy (non-hydrogen) atoms. The molecule has 1 aromatic carbocycles. The zero-order valence-corrected chi connectivity index (χ0v) is 10.1. The van der Waals surface area contributed by atoms with Crippen molar-refractivity contribution in [2.45, 2.75) is 25.3 Å². The molecule has 1 aliphatic rings. The molecule has 1 fully saturated rings. The van der Waals surface area contributed by atoms with E-state index in [1.807, 2.05) is 0 Å². The molecule has 0 unspecified atom stereocenters. The van der Waals surface area contributed by atoms with Crippen LogP contribution in [0.1, 0.15) is 18.4 Å². The van der Waals surface area contributed by atoms with Crippen LogP contribution >= 0.6 is 0 Å². The second kappa shape index (κ2) is 5.60. The molecule has 5 nitrogen and oxygen atoms in total. The molecule has 3 amide bonds. The van der Waals surface area contributed by atoms with Gasteiger partial charge in [-0.05, 0) is 24.1 Å². The standard InChI is InChI=1S/C13H13FN2O3/c14-9-3-1-2-8(6-9)7-12(18)15-10-4-5-11(17)16-13(10)19/h1-3,6,10H,4-5,7H2,(H,15,18)(H,16,17,19)/t10-/m1/s1. The molecule has 100 valence electrons. The van der Waals surface area contributed by atoms with Gasteiger partial charge in [0.15, 0.2) is 0 Å². The van der Waals surface area contributed by atoms with Gasteiger partial charge in [-0.25, -0.2) is 4.39 Å². The SMILES string of the molecule is O=C1CC[C@@H](NC(=O)Cc2cccc(F)c2)C(=O)N1. The summed E-state index contributed by atoms with van der Waals surface area (Å²) in [5.41, 5.74) is 0.532. The normalized spacial score (nSPS) is 18.9. The molecule has 0 saturated carbocycles. The van der Waals surface area contributed by atoms with Gasteiger partial charge in [-0.1, -0.05) is 12.1 Å². The van der Waals surface area contributed by atoms with Crippen LogP contribution in [-0.2, 0) is 20.8 Å². The van der Waals surface area contributed by atoms with Gasteiger partial charge in [0, 0.05) is 6.42 Å². The number of carbonyl (C=O) groups excluding carboxylic acids is 3. The third kappa shape index (κ3) is 3.61. The summed E-state index contributed by atoms with van der Waals surface area (Å²) in [6.45, 7) is 0. The van der Waals surface area contributed by atoms with Crippen molar-refractivity contribution in [3.63, 3.8) is 0 Å². The maximum atomic E-state index is 12.9. The van der Waals surface area contributed by atoms with Crippen molar-refractivity contribution >= 4 is 17.7 Å². The minimum absolute atomic E-state index is 0.00448. The molecule has 0 aromatic heterocycles. The van der Waals surface area contributed by atoms with Gasteiger partial charge in [0.25, 0.3) is 0 Å². The fourth-order valence-corrected chi connectivity index (χ4v) is 1.91. The largest absolute Gasteiger partial charge is 0.344 e. The number of halogens is 1. The van der Waals surface area contributed by atoms with Gasteiger partial charge in [0.2, 0.25) is 17.7 Å². The molecule has 1 atom stereocenters. The van der Waals surface area contributed by atoms with E-state index in [0.717, 1.165) is 0 Å². The van der Waals surface area contributed by atoms with Crippen LogP contribution < -0.4 is 10.6 Å². The van der Waals surface area contributed by atoms with Crippen molar-refractivity contribution in [3.8, 4) is 0 Å². The summed E-state index contributed by atoms with van der Waals surface area (Å²) in [4.78, 5) is 34.1. The first-order valence-corrected chi connectivity index (χ1v) is 5.92. The van der Waals surface area contributed by atoms with Gasteiger partial charge < -0.3 is 5.32 Å². The van der Waals surface area contributed by atoms with Crippen molar-refractivity contribution in [3.05, 3.63) is 35.6 Å². The van der Waals surface area contributed by atoms with Gasteiger partial charge in [-0.3, -0.25) is 19.7 Å². The molecule has 1 aliphatic heterocycles. The third-order valence-electron chi connectivity index (χ3n) is 2.83. The Hall–Kier alpha value is -2.24. The third-order valence-corrected chi connectivity index (χ3v) is 2.83. The first-order chi connectivity index (χ1) is 9.04. The number of nitrogens with one attached hydrogen (secondary N) is 2. The number of hydrogen-bond donors (Lipinski definition) is 2. The number of rotatable bonds is 3. The average molecular weight is 264 g/mol. The Morgan fingerprint density at radius 2 is 2.21 bits per heavy atom. The molecule has 0 spiro atoms. The maximum absolute atomic E-state index is 12.9. The van der Waals surface area contributed by atoms with E-state index >= 15 is 0 Å². The van der Waals surface area contributed by atoms with E-state index in [-0.39, 0.29) is 24.7 Å². The maximum Gasteiger partial charge on any atom is 0.249 e. The first-order valence-electron chi connectivity index (χ1n) is 5.92. The lowest BCUT2D eigenvalue weighted by Gasteiger charge is -2.21. The highest BCUT2D eigenvalue weighted by molar-refractivity contribution is 6.01. The summed E-state index contributed by atoms with van der Waals surface area (Å²) in [6.07, 6.45) is 0.492. The second-order valence-corrected chi connectivity index (χ2v) is 4.38. The van der Waals surface area contributed by atoms with Gasteiger partial charge in [0.1, 0.15) is 11.9 Å². The monoisotopic (exact) mass is 264 g/mol. The summed E-state index contributed by atoms with van der Waals surface area (Å²) < 4.78 is 12.9. The second-order valence-electron chi connectivity index (χ2n) is 4.38. The Labute approximate surface area is 109 Å². The van der Waals surface area contributed by atoms with Crippen LogP contribution in [0.2, 0.25) is 0 Å². The number of amides is 3. The predicted octanol–water partition coefficient (Wildman–Crippen LogP) is 0.290. The Kier molecular flexibility index (Phi) is 3.89. The van der Waals surface area contributed by atoms with E-state index in [1.54, 1.807) is 6.07 Å². The van der Waals surface area contributed by atoms with Crippen molar-refractivity contribution in [1.29, 1.82) is 0 Å². The van der Waals surface area contributed by atoms with Gasteiger partial charge in [-0.2, -0.15) is 0 Å². The molecular formula is C13H13FN2O3. The molecule has 0 aliphatic carbocycles. The van der Waals surface area contributed by atoms with Crippen LogP contribution in [-0.4, -0.2) is 23.8 Å². The van der Waals surface area contributed by atoms with Crippen LogP contribution in [0.3, 0.4) is 0 Å². The van der Waals surface area contributed by atoms with Crippen LogP contribution in [0.5, 0.6) is 0 Å². The molecule has 0 bridgehead atoms. The van der Waals surface area contributed by atoms with Crippen LogP contribution in [0, 0.1) is 5.82 Å². The van der Waals surface area contributed by atoms with E-state index in [1.165, 1.54) is 18.2 Å². The van der Waals surface area contributed by atoms with Crippen LogP contribution in [0.25, 0.3) is 0 Å². The molecule has 1 aromatic rings. The van der Waals surface area contributed by atoms with Crippen molar-refractivity contribution in [1.82, 2.24) is 10.6 Å². The minimum atomic E-state index is -0.696. The number of benzene rings is 1. The number of hydrogen-bond acceptors (Lipinski definition) is 3. The topological polar surface area (TPSA) is 75.3 Å². The summed E-state index contributed by atoms with van der Waals surface area (Å²) in [5, 5.41) is 4.69. The highest BCUT2D eigenvalue weighted by atomic mass is 19.1. The van der Waals surface area contributed by atoms with Crippen molar-refractivity contribution in [2.75, 3.05) is 0 Å². The van der Waals surface area contributed by atoms with Gasteiger partial charge >= 0.3 is 0 Å². The smallest absolute Gasteiger partial charge is 0.249 e. The minimum Gasteiger partial charge on any atom is -0.344 e. The average Bonchev–Trinajstić information content (AvgIpc) is 2.33. The summed E-state index contributed by atoms with van der Waals surface area (Å²) in [5.74, 6) is -1.61. The zero-order chi connectivity index (χ0) is 13.8. The Morgan fingerprint density at radius 1 is 1.42 bits per heavy atom. The van der Waals surface area contributed by atoms with Crippen molar-refractivity contribution in [2.24, 2.45) is 0 Å². The molecule has 1 heterocycles. The lowest BCUT2D eigenvalue weighted by atomic mass is 10.1. The van der Waals surface area contributed by atoms with E-state index in [2.05, 4.69) is 10.6 Å². The Bertz CT molecular complexity index is 530. The lowest BCUT2D eigenvalue weighted by molar-refractivity contribution is -0.137. The quantitative estimate of drug-likeness (QED) is 0.770. The molecular weight excluding hydrogens is 251 g/mol. The van der Waals surface area contributed by atoms with E-state index < -0.39 is 17.8 Å². The molecule has 1 saturated heterocycles. The fraction of sp³-hybridized carbons (Fsp3) is 0.308. The Morgan fingerprint density at radius 3 is 2.89 bits per heavy atom. The Balaban J connectivity index is 1.91. The summed E-state index contributed by atoms with van der Waals surface area (Å²) in [6, 6.07) is 5.02. The van der Waals surface area contributed by atoms with E-state index in [0.29, 0.717) is 12.0 Å². The summed E-state index contributed by atoms with van der Waals surface area (Å²) >= 11 is 0. The van der Waals surface area contributed by atoms with E-state index in [4.69, 9.17) is 0 Å². The van der Waals surface area contributed by atoms with Crippen molar-refractivity contribution < 1.29 is 18.8 Å². The zero-order valence-electron chi connectivity index (χ0n) is 10.1. The number of carbonyl (C=O) groups is 3. The first kappa shape index (κ1) is 13.2. The van der Waals surface area contributed by atoms with Crippen LogP contribution in [0.4, 0.5) is 4.39 Å². The molecule has 6 heteroatoms. The number of imide groups is 1.